The van der Waals surface area contributed by atoms with E-state index in [2.05, 4.69) is 41.7 Å². The molecular formula is C11H12Br2N4O2S. The number of hydrogen-bond donors (Lipinski definition) is 2. The first kappa shape index (κ1) is 15.3. The van der Waals surface area contributed by atoms with E-state index in [-0.39, 0.29) is 10.7 Å². The molecule has 108 valence electrons. The number of nitrogen functional groups attached to an aromatic ring is 1. The zero-order valence-corrected chi connectivity index (χ0v) is 14.5. The van der Waals surface area contributed by atoms with E-state index in [0.29, 0.717) is 16.7 Å². The van der Waals surface area contributed by atoms with Crippen LogP contribution in [0, 0.1) is 0 Å². The monoisotopic (exact) mass is 422 g/mol. The van der Waals surface area contributed by atoms with E-state index >= 15 is 0 Å². The average molecular weight is 424 g/mol. The van der Waals surface area contributed by atoms with E-state index in [1.54, 1.807) is 18.2 Å². The maximum atomic E-state index is 12.3. The molecule has 9 heteroatoms. The molecule has 0 unspecified atom stereocenters. The van der Waals surface area contributed by atoms with E-state index in [9.17, 15) is 8.42 Å². The molecule has 0 spiro atoms. The normalized spacial score (nSPS) is 11.6. The number of nitrogens with one attached hydrogen (secondary N) is 1. The van der Waals surface area contributed by atoms with Gasteiger partial charge in [0.25, 0.3) is 10.0 Å². The van der Waals surface area contributed by atoms with Crippen LogP contribution in [0.4, 0.5) is 11.5 Å². The number of benzene rings is 1. The highest BCUT2D eigenvalue weighted by atomic mass is 79.9. The van der Waals surface area contributed by atoms with Crippen LogP contribution in [0.15, 0.2) is 38.2 Å². The van der Waals surface area contributed by atoms with Gasteiger partial charge in [-0.3, -0.25) is 9.40 Å². The molecule has 0 amide bonds. The first-order chi connectivity index (χ1) is 9.33. The lowest BCUT2D eigenvalue weighted by Crippen LogP contribution is -2.14. The van der Waals surface area contributed by atoms with Crippen molar-refractivity contribution in [3.05, 3.63) is 33.3 Å². The predicted molar refractivity (Wildman–Crippen MR) is 85.0 cm³/mol. The number of nitrogens with two attached hydrogens (primary N) is 1. The van der Waals surface area contributed by atoms with E-state index in [0.717, 1.165) is 4.47 Å². The van der Waals surface area contributed by atoms with Crippen molar-refractivity contribution in [1.82, 2.24) is 9.78 Å². The Morgan fingerprint density at radius 3 is 2.65 bits per heavy atom. The average Bonchev–Trinajstić information content (AvgIpc) is 2.75. The second kappa shape index (κ2) is 5.74. The minimum absolute atomic E-state index is 0.0208. The van der Waals surface area contributed by atoms with Gasteiger partial charge in [-0.2, -0.15) is 5.10 Å². The summed E-state index contributed by atoms with van der Waals surface area (Å²) in [5, 5.41) is 3.93. The summed E-state index contributed by atoms with van der Waals surface area (Å²) in [7, 11) is -3.77. The zero-order chi connectivity index (χ0) is 14.9. The van der Waals surface area contributed by atoms with E-state index in [1.807, 2.05) is 6.92 Å². The standard InChI is InChI=1S/C11H12Br2N4O2S/c1-2-17-6-10(11(14)15-17)20(18,19)16-9-4-3-7(12)5-8(9)13/h3-6,16H,2H2,1H3,(H2,14,15). The fourth-order valence-electron chi connectivity index (χ4n) is 1.56. The molecule has 0 saturated carbocycles. The number of aryl methyl sites for hydroxylation is 1. The van der Waals surface area contributed by atoms with Gasteiger partial charge in [-0.05, 0) is 41.1 Å². The highest BCUT2D eigenvalue weighted by Crippen LogP contribution is 2.29. The topological polar surface area (TPSA) is 90.0 Å². The Morgan fingerprint density at radius 2 is 2.10 bits per heavy atom. The highest BCUT2D eigenvalue weighted by Gasteiger charge is 2.22. The molecule has 0 fully saturated rings. The maximum absolute atomic E-state index is 12.3. The van der Waals surface area contributed by atoms with E-state index < -0.39 is 10.0 Å². The summed E-state index contributed by atoms with van der Waals surface area (Å²) in [5.74, 6) is -0.0208. The van der Waals surface area contributed by atoms with Gasteiger partial charge >= 0.3 is 0 Å². The molecule has 0 radical (unpaired) electrons. The molecule has 0 atom stereocenters. The predicted octanol–water partition coefficient (Wildman–Crippen LogP) is 2.81. The van der Waals surface area contributed by atoms with Crippen LogP contribution < -0.4 is 10.5 Å². The molecule has 0 saturated heterocycles. The molecule has 0 aliphatic heterocycles. The van der Waals surface area contributed by atoms with Crippen LogP contribution in [0.3, 0.4) is 0 Å². The SMILES string of the molecule is CCn1cc(S(=O)(=O)Nc2ccc(Br)cc2Br)c(N)n1. The second-order valence-electron chi connectivity index (χ2n) is 3.96. The number of sulfonamides is 1. The van der Waals surface area contributed by atoms with Crippen molar-refractivity contribution >= 4 is 53.4 Å². The van der Waals surface area contributed by atoms with Crippen molar-refractivity contribution in [3.8, 4) is 0 Å². The van der Waals surface area contributed by atoms with Gasteiger partial charge in [0.1, 0.15) is 4.90 Å². The number of halogens is 2. The Balaban J connectivity index is 2.38. The van der Waals surface area contributed by atoms with Gasteiger partial charge in [-0.1, -0.05) is 15.9 Å². The Hall–Kier alpha value is -1.06. The third-order valence-corrected chi connectivity index (χ3v) is 5.08. The largest absolute Gasteiger partial charge is 0.381 e. The van der Waals surface area contributed by atoms with Crippen molar-refractivity contribution < 1.29 is 8.42 Å². The van der Waals surface area contributed by atoms with Crippen LogP contribution in [-0.2, 0) is 16.6 Å². The summed E-state index contributed by atoms with van der Waals surface area (Å²) in [6.45, 7) is 2.39. The number of aromatic nitrogens is 2. The molecular weight excluding hydrogens is 412 g/mol. The fraction of sp³-hybridized carbons (Fsp3) is 0.182. The lowest BCUT2D eigenvalue weighted by atomic mass is 10.3. The lowest BCUT2D eigenvalue weighted by molar-refractivity contribution is 0.600. The summed E-state index contributed by atoms with van der Waals surface area (Å²) in [5.41, 5.74) is 6.08. The quantitative estimate of drug-likeness (QED) is 0.790. The number of rotatable bonds is 4. The van der Waals surface area contributed by atoms with Crippen LogP contribution in [0.5, 0.6) is 0 Å². The minimum atomic E-state index is -3.77. The Labute approximate surface area is 133 Å². The molecule has 20 heavy (non-hydrogen) atoms. The molecule has 3 N–H and O–H groups in total. The van der Waals surface area contributed by atoms with E-state index in [1.165, 1.54) is 10.9 Å². The summed E-state index contributed by atoms with van der Waals surface area (Å²) in [4.78, 5) is -0.0332. The van der Waals surface area contributed by atoms with Crippen LogP contribution in [0.2, 0.25) is 0 Å². The summed E-state index contributed by atoms with van der Waals surface area (Å²) in [6.07, 6.45) is 1.41. The molecule has 0 aliphatic carbocycles. The Bertz CT molecular complexity index is 743. The van der Waals surface area contributed by atoms with Crippen LogP contribution >= 0.6 is 31.9 Å². The zero-order valence-electron chi connectivity index (χ0n) is 10.5. The van der Waals surface area contributed by atoms with Gasteiger partial charge in [0.2, 0.25) is 0 Å². The maximum Gasteiger partial charge on any atom is 0.267 e. The highest BCUT2D eigenvalue weighted by molar-refractivity contribution is 9.11. The van der Waals surface area contributed by atoms with Crippen LogP contribution in [0.25, 0.3) is 0 Å². The number of hydrogen-bond acceptors (Lipinski definition) is 4. The van der Waals surface area contributed by atoms with Crippen molar-refractivity contribution in [2.24, 2.45) is 0 Å². The summed E-state index contributed by atoms with van der Waals surface area (Å²) >= 11 is 6.61. The van der Waals surface area contributed by atoms with E-state index in [4.69, 9.17) is 5.73 Å². The van der Waals surface area contributed by atoms with Gasteiger partial charge in [-0.15, -0.1) is 0 Å². The van der Waals surface area contributed by atoms with Crippen molar-refractivity contribution in [1.29, 1.82) is 0 Å². The van der Waals surface area contributed by atoms with Crippen molar-refractivity contribution in [2.75, 3.05) is 10.5 Å². The number of anilines is 2. The van der Waals surface area contributed by atoms with Gasteiger partial charge in [0, 0.05) is 21.7 Å². The first-order valence-corrected chi connectivity index (χ1v) is 8.71. The molecule has 2 aromatic rings. The summed E-state index contributed by atoms with van der Waals surface area (Å²) < 4.78 is 30.0. The van der Waals surface area contributed by atoms with Gasteiger partial charge in [-0.25, -0.2) is 8.42 Å². The van der Waals surface area contributed by atoms with Crippen LogP contribution in [0.1, 0.15) is 6.92 Å². The first-order valence-electron chi connectivity index (χ1n) is 5.64. The second-order valence-corrected chi connectivity index (χ2v) is 7.38. The van der Waals surface area contributed by atoms with Crippen LogP contribution in [-0.4, -0.2) is 18.2 Å². The van der Waals surface area contributed by atoms with Gasteiger partial charge in [0.05, 0.1) is 5.69 Å². The van der Waals surface area contributed by atoms with Gasteiger partial charge in [0.15, 0.2) is 5.82 Å². The third-order valence-electron chi connectivity index (χ3n) is 2.54. The smallest absolute Gasteiger partial charge is 0.267 e. The fourth-order valence-corrected chi connectivity index (χ4v) is 3.99. The third kappa shape index (κ3) is 3.15. The minimum Gasteiger partial charge on any atom is -0.381 e. The molecule has 0 bridgehead atoms. The van der Waals surface area contributed by atoms with Gasteiger partial charge < -0.3 is 5.73 Å². The molecule has 1 heterocycles. The molecule has 6 nitrogen and oxygen atoms in total. The Morgan fingerprint density at radius 1 is 1.40 bits per heavy atom. The lowest BCUT2D eigenvalue weighted by Gasteiger charge is -2.09. The summed E-state index contributed by atoms with van der Waals surface area (Å²) in [6, 6.07) is 5.13. The molecule has 1 aromatic heterocycles. The molecule has 0 aliphatic rings. The molecule has 1 aromatic carbocycles. The molecule has 2 rings (SSSR count). The number of nitrogens with zero attached hydrogens (tertiary/aromatic N) is 2. The Kier molecular flexibility index (Phi) is 4.40. The van der Waals surface area contributed by atoms with Crippen molar-refractivity contribution in [3.63, 3.8) is 0 Å². The van der Waals surface area contributed by atoms with Crippen molar-refractivity contribution in [2.45, 2.75) is 18.4 Å².